The van der Waals surface area contributed by atoms with Gasteiger partial charge in [0.15, 0.2) is 5.11 Å². The molecule has 0 aromatic heterocycles. The number of amides is 2. The first-order valence-electron chi connectivity index (χ1n) is 12.1. The molecule has 0 saturated heterocycles. The van der Waals surface area contributed by atoms with E-state index in [0.29, 0.717) is 30.1 Å². The van der Waals surface area contributed by atoms with Gasteiger partial charge in [-0.1, -0.05) is 73.5 Å². The molecule has 0 atom stereocenters. The van der Waals surface area contributed by atoms with Crippen molar-refractivity contribution in [1.29, 1.82) is 0 Å². The summed E-state index contributed by atoms with van der Waals surface area (Å²) in [6.07, 6.45) is 3.62. The molecule has 0 bridgehead atoms. The van der Waals surface area contributed by atoms with Crippen molar-refractivity contribution in [3.63, 3.8) is 0 Å². The molecule has 0 radical (unpaired) electrons. The maximum atomic E-state index is 12.4. The Morgan fingerprint density at radius 1 is 0.778 bits per heavy atom. The number of unbranched alkanes of at least 4 members (excludes halogenated alkanes) is 3. The molecule has 0 aliphatic rings. The number of rotatable bonds is 12. The fourth-order valence-electron chi connectivity index (χ4n) is 3.78. The summed E-state index contributed by atoms with van der Waals surface area (Å²) in [4.78, 5) is 23.4. The largest absolute Gasteiger partial charge is 0.352 e. The third-order valence-electron chi connectivity index (χ3n) is 5.69. The van der Waals surface area contributed by atoms with Gasteiger partial charge in [-0.15, -0.1) is 0 Å². The summed E-state index contributed by atoms with van der Waals surface area (Å²) in [6.45, 7) is 0.569. The highest BCUT2D eigenvalue weighted by atomic mass is 32.1. The Morgan fingerprint density at radius 2 is 1.36 bits per heavy atom. The Balaban J connectivity index is 1.46. The quantitative estimate of drug-likeness (QED) is 0.104. The van der Waals surface area contributed by atoms with Crippen LogP contribution in [0.3, 0.4) is 0 Å². The van der Waals surface area contributed by atoms with Gasteiger partial charge in [0, 0.05) is 24.2 Å². The van der Waals surface area contributed by atoms with Crippen LogP contribution in [0.15, 0.2) is 84.9 Å². The second kappa shape index (κ2) is 14.6. The second-order valence-electron chi connectivity index (χ2n) is 8.39. The number of benzene rings is 3. The van der Waals surface area contributed by atoms with Crippen molar-refractivity contribution in [2.24, 2.45) is 0 Å². The Morgan fingerprint density at radius 3 is 1.94 bits per heavy atom. The number of carbonyl (C=O) groups is 2. The normalized spacial score (nSPS) is 10.5. The van der Waals surface area contributed by atoms with Gasteiger partial charge in [0.05, 0.1) is 6.04 Å². The van der Waals surface area contributed by atoms with Crippen molar-refractivity contribution >= 4 is 34.8 Å². The molecule has 3 aromatic rings. The highest BCUT2D eigenvalue weighted by Crippen LogP contribution is 2.22. The van der Waals surface area contributed by atoms with Crippen LogP contribution < -0.4 is 21.4 Å². The van der Waals surface area contributed by atoms with Crippen LogP contribution in [0.4, 0.5) is 5.69 Å². The van der Waals surface area contributed by atoms with Gasteiger partial charge in [-0.2, -0.15) is 0 Å². The molecule has 8 heteroatoms. The first kappa shape index (κ1) is 26.8. The van der Waals surface area contributed by atoms with Crippen molar-refractivity contribution in [2.45, 2.75) is 38.1 Å². The Kier molecular flexibility index (Phi) is 10.9. The molecule has 0 aliphatic heterocycles. The molecule has 0 aliphatic carbocycles. The summed E-state index contributed by atoms with van der Waals surface area (Å²) in [5, 5.41) is 18.5. The van der Waals surface area contributed by atoms with Crippen LogP contribution in [0, 0.1) is 0 Å². The molecule has 3 rings (SSSR count). The van der Waals surface area contributed by atoms with Crippen LogP contribution in [0.1, 0.15) is 59.6 Å². The van der Waals surface area contributed by atoms with E-state index in [1.807, 2.05) is 48.5 Å². The van der Waals surface area contributed by atoms with Crippen LogP contribution in [0.5, 0.6) is 0 Å². The van der Waals surface area contributed by atoms with E-state index in [1.165, 1.54) is 0 Å². The smallest absolute Gasteiger partial charge is 0.251 e. The molecule has 0 heterocycles. The topological polar surface area (TPSA) is 102 Å². The summed E-state index contributed by atoms with van der Waals surface area (Å²) < 4.78 is 0. The van der Waals surface area contributed by atoms with Crippen LogP contribution in [0.2, 0.25) is 0 Å². The molecule has 2 amide bonds. The summed E-state index contributed by atoms with van der Waals surface area (Å²) in [5.74, 6) is -0.500. The molecule has 0 saturated carbocycles. The van der Waals surface area contributed by atoms with E-state index in [0.717, 1.165) is 36.1 Å². The number of nitrogens with one attached hydrogen (secondary N) is 4. The molecular weight excluding hydrogens is 472 g/mol. The SMILES string of the molecule is O=C(CCCCCCNC(=O)c1ccc(NC(=S)NC(c2ccccc2)c2ccccc2)cc1)NO. The monoisotopic (exact) mass is 504 g/mol. The third kappa shape index (κ3) is 8.79. The Hall–Kier alpha value is -3.75. The lowest BCUT2D eigenvalue weighted by atomic mass is 9.99. The van der Waals surface area contributed by atoms with Gasteiger partial charge in [0.25, 0.3) is 5.91 Å². The maximum absolute atomic E-state index is 12.4. The lowest BCUT2D eigenvalue weighted by molar-refractivity contribution is -0.129. The average molecular weight is 505 g/mol. The fourth-order valence-corrected chi connectivity index (χ4v) is 4.01. The molecule has 0 spiro atoms. The van der Waals surface area contributed by atoms with Crippen LogP contribution in [-0.2, 0) is 4.79 Å². The zero-order chi connectivity index (χ0) is 25.6. The van der Waals surface area contributed by atoms with Gasteiger partial charge in [0.1, 0.15) is 0 Å². The first-order chi connectivity index (χ1) is 17.6. The van der Waals surface area contributed by atoms with E-state index in [2.05, 4.69) is 40.2 Å². The molecule has 36 heavy (non-hydrogen) atoms. The van der Waals surface area contributed by atoms with E-state index in [4.69, 9.17) is 17.4 Å². The van der Waals surface area contributed by atoms with E-state index < -0.39 is 0 Å². The zero-order valence-electron chi connectivity index (χ0n) is 20.1. The Labute approximate surface area is 217 Å². The molecule has 7 nitrogen and oxygen atoms in total. The van der Waals surface area contributed by atoms with E-state index in [9.17, 15) is 9.59 Å². The number of hydroxylamine groups is 1. The molecule has 188 valence electrons. The zero-order valence-corrected chi connectivity index (χ0v) is 20.9. The summed E-state index contributed by atoms with van der Waals surface area (Å²) in [5.41, 5.74) is 5.20. The maximum Gasteiger partial charge on any atom is 0.251 e. The van der Waals surface area contributed by atoms with E-state index in [1.54, 1.807) is 17.6 Å². The molecule has 3 aromatic carbocycles. The van der Waals surface area contributed by atoms with E-state index >= 15 is 0 Å². The van der Waals surface area contributed by atoms with Gasteiger partial charge in [-0.3, -0.25) is 14.8 Å². The van der Waals surface area contributed by atoms with Crippen molar-refractivity contribution in [1.82, 2.24) is 16.1 Å². The second-order valence-corrected chi connectivity index (χ2v) is 8.79. The predicted octanol–water partition coefficient (Wildman–Crippen LogP) is 4.95. The van der Waals surface area contributed by atoms with Crippen molar-refractivity contribution in [3.8, 4) is 0 Å². The fraction of sp³-hybridized carbons (Fsp3) is 0.250. The van der Waals surface area contributed by atoms with Gasteiger partial charge in [-0.25, -0.2) is 5.48 Å². The highest BCUT2D eigenvalue weighted by Gasteiger charge is 2.15. The van der Waals surface area contributed by atoms with Gasteiger partial charge < -0.3 is 16.0 Å². The standard InChI is InChI=1S/C28H32N4O3S/c33-25(32-35)15-9-1-2-10-20-29-27(34)23-16-18-24(19-17-23)30-28(36)31-26(21-11-5-3-6-12-21)22-13-7-4-8-14-22/h3-8,11-14,16-19,26,35H,1-2,9-10,15,20H2,(H,29,34)(H,32,33)(H2,30,31,36). The lowest BCUT2D eigenvalue weighted by Gasteiger charge is -2.22. The number of hydrogen-bond donors (Lipinski definition) is 5. The summed E-state index contributed by atoms with van der Waals surface area (Å²) in [6, 6.07) is 27.4. The Bertz CT molecular complexity index is 1070. The minimum Gasteiger partial charge on any atom is -0.352 e. The molecule has 5 N–H and O–H groups in total. The van der Waals surface area contributed by atoms with Crippen LogP contribution in [0.25, 0.3) is 0 Å². The minimum absolute atomic E-state index is 0.0933. The van der Waals surface area contributed by atoms with Gasteiger partial charge >= 0.3 is 0 Å². The van der Waals surface area contributed by atoms with E-state index in [-0.39, 0.29) is 17.9 Å². The van der Waals surface area contributed by atoms with Crippen molar-refractivity contribution in [2.75, 3.05) is 11.9 Å². The van der Waals surface area contributed by atoms with Gasteiger partial charge in [-0.05, 0) is 60.5 Å². The number of hydrogen-bond acceptors (Lipinski definition) is 4. The van der Waals surface area contributed by atoms with Crippen LogP contribution >= 0.6 is 12.2 Å². The van der Waals surface area contributed by atoms with Crippen LogP contribution in [-0.4, -0.2) is 28.7 Å². The lowest BCUT2D eigenvalue weighted by Crippen LogP contribution is -2.33. The molecule has 0 unspecified atom stereocenters. The number of anilines is 1. The van der Waals surface area contributed by atoms with Crippen molar-refractivity contribution in [3.05, 3.63) is 102 Å². The number of thiocarbonyl (C=S) groups is 1. The third-order valence-corrected chi connectivity index (χ3v) is 5.91. The summed E-state index contributed by atoms with van der Waals surface area (Å²) in [7, 11) is 0. The van der Waals surface area contributed by atoms with Crippen molar-refractivity contribution < 1.29 is 14.8 Å². The predicted molar refractivity (Wildman–Crippen MR) is 146 cm³/mol. The molecular formula is C28H32N4O3S. The molecule has 0 fully saturated rings. The summed E-state index contributed by atoms with van der Waals surface area (Å²) >= 11 is 5.58. The number of carbonyl (C=O) groups excluding carboxylic acids is 2. The van der Waals surface area contributed by atoms with Gasteiger partial charge in [0.2, 0.25) is 5.91 Å². The average Bonchev–Trinajstić information content (AvgIpc) is 2.92. The minimum atomic E-state index is -0.370. The first-order valence-corrected chi connectivity index (χ1v) is 12.5. The highest BCUT2D eigenvalue weighted by molar-refractivity contribution is 7.80.